The van der Waals surface area contributed by atoms with Gasteiger partial charge in [0.2, 0.25) is 10.0 Å². The molecule has 5 nitrogen and oxygen atoms in total. The van der Waals surface area contributed by atoms with E-state index in [0.717, 1.165) is 5.56 Å². The number of aromatic nitrogens is 1. The van der Waals surface area contributed by atoms with Crippen LogP contribution in [0.5, 0.6) is 0 Å². The summed E-state index contributed by atoms with van der Waals surface area (Å²) < 4.78 is 24.7. The maximum Gasteiger partial charge on any atom is 0.211 e. The van der Waals surface area contributed by atoms with E-state index in [2.05, 4.69) is 4.98 Å². The summed E-state index contributed by atoms with van der Waals surface area (Å²) >= 11 is 0. The minimum absolute atomic E-state index is 0.376. The fourth-order valence-corrected chi connectivity index (χ4v) is 2.17. The van der Waals surface area contributed by atoms with Crippen LogP contribution in [0.1, 0.15) is 5.56 Å². The van der Waals surface area contributed by atoms with Crippen LogP contribution in [-0.2, 0) is 16.6 Å². The molecule has 0 N–H and O–H groups in total. The molecule has 0 amide bonds. The van der Waals surface area contributed by atoms with Crippen LogP contribution in [0, 0.1) is 0 Å². The van der Waals surface area contributed by atoms with Crippen molar-refractivity contribution < 1.29 is 8.42 Å². The Morgan fingerprint density at radius 1 is 1.29 bits per heavy atom. The molecule has 1 rings (SSSR count). The minimum Gasteiger partial charge on any atom is -0.308 e. The van der Waals surface area contributed by atoms with Crippen molar-refractivity contribution in [1.29, 1.82) is 0 Å². The molecular formula is C11H19N3O2S. The molecule has 0 aliphatic rings. The van der Waals surface area contributed by atoms with Gasteiger partial charge in [-0.15, -0.1) is 0 Å². The number of hydrogen-bond donors (Lipinski definition) is 0. The van der Waals surface area contributed by atoms with Gasteiger partial charge in [-0.3, -0.25) is 4.98 Å². The Hall–Kier alpha value is -0.980. The second-order valence-corrected chi connectivity index (χ2v) is 6.24. The number of rotatable bonds is 6. The largest absolute Gasteiger partial charge is 0.308 e. The summed E-state index contributed by atoms with van der Waals surface area (Å²) in [5, 5.41) is 0. The monoisotopic (exact) mass is 257 g/mol. The van der Waals surface area contributed by atoms with Crippen molar-refractivity contribution in [2.75, 3.05) is 33.4 Å². The Morgan fingerprint density at radius 3 is 2.47 bits per heavy atom. The third-order valence-electron chi connectivity index (χ3n) is 2.35. The van der Waals surface area contributed by atoms with Crippen molar-refractivity contribution >= 4 is 10.0 Å². The first-order valence-electron chi connectivity index (χ1n) is 5.38. The Morgan fingerprint density at radius 2 is 2.00 bits per heavy atom. The molecule has 0 radical (unpaired) electrons. The topological polar surface area (TPSA) is 53.5 Å². The fourth-order valence-electron chi connectivity index (χ4n) is 1.37. The van der Waals surface area contributed by atoms with Crippen LogP contribution >= 0.6 is 0 Å². The lowest BCUT2D eigenvalue weighted by molar-refractivity contribution is 0.330. The van der Waals surface area contributed by atoms with Crippen LogP contribution < -0.4 is 0 Å². The Labute approximate surface area is 103 Å². The predicted molar refractivity (Wildman–Crippen MR) is 68.0 cm³/mol. The summed E-state index contributed by atoms with van der Waals surface area (Å²) in [5.74, 6) is 0. The summed E-state index contributed by atoms with van der Waals surface area (Å²) in [6.07, 6.45) is 4.60. The predicted octanol–water partition coefficient (Wildman–Crippen LogP) is 0.405. The van der Waals surface area contributed by atoms with Gasteiger partial charge >= 0.3 is 0 Å². The van der Waals surface area contributed by atoms with Crippen LogP contribution in [0.15, 0.2) is 24.5 Å². The van der Waals surface area contributed by atoms with Gasteiger partial charge in [0.05, 0.1) is 6.26 Å². The lowest BCUT2D eigenvalue weighted by Gasteiger charge is -2.21. The summed E-state index contributed by atoms with van der Waals surface area (Å²) in [6, 6.07) is 3.68. The van der Waals surface area contributed by atoms with Crippen LogP contribution in [0.4, 0.5) is 0 Å². The van der Waals surface area contributed by atoms with Gasteiger partial charge < -0.3 is 4.90 Å². The van der Waals surface area contributed by atoms with Gasteiger partial charge in [0.25, 0.3) is 0 Å². The summed E-state index contributed by atoms with van der Waals surface area (Å²) in [4.78, 5) is 5.94. The summed E-state index contributed by atoms with van der Waals surface area (Å²) in [6.45, 7) is 1.56. The molecule has 0 atom stereocenters. The zero-order valence-corrected chi connectivity index (χ0v) is 11.3. The fraction of sp³-hybridized carbons (Fsp3) is 0.545. The van der Waals surface area contributed by atoms with Crippen LogP contribution in [0.2, 0.25) is 0 Å². The molecule has 0 aliphatic heterocycles. The molecule has 0 fully saturated rings. The standard InChI is InChI=1S/C11H19N3O2S/c1-13(2)7-8-14(17(3,15)16)10-11-5-4-6-12-9-11/h4-6,9H,7-8,10H2,1-3H3. The van der Waals surface area contributed by atoms with E-state index in [1.54, 1.807) is 12.4 Å². The highest BCUT2D eigenvalue weighted by Crippen LogP contribution is 2.06. The first-order chi connectivity index (χ1) is 7.89. The van der Waals surface area contributed by atoms with E-state index in [0.29, 0.717) is 19.6 Å². The maximum atomic E-state index is 11.6. The summed E-state index contributed by atoms with van der Waals surface area (Å²) in [5.41, 5.74) is 0.900. The number of pyridine rings is 1. The second kappa shape index (κ2) is 6.09. The van der Waals surface area contributed by atoms with E-state index in [9.17, 15) is 8.42 Å². The van der Waals surface area contributed by atoms with E-state index in [4.69, 9.17) is 0 Å². The number of hydrogen-bond acceptors (Lipinski definition) is 4. The highest BCUT2D eigenvalue weighted by molar-refractivity contribution is 7.88. The Balaban J connectivity index is 2.72. The van der Waals surface area contributed by atoms with E-state index in [1.807, 2.05) is 31.1 Å². The molecule has 0 saturated carbocycles. The molecule has 1 aromatic rings. The van der Waals surface area contributed by atoms with Gasteiger partial charge in [-0.05, 0) is 25.7 Å². The van der Waals surface area contributed by atoms with Gasteiger partial charge in [-0.2, -0.15) is 4.31 Å². The third kappa shape index (κ3) is 5.25. The van der Waals surface area contributed by atoms with Crippen molar-refractivity contribution in [2.24, 2.45) is 0 Å². The molecule has 1 aromatic heterocycles. The van der Waals surface area contributed by atoms with Crippen molar-refractivity contribution in [3.8, 4) is 0 Å². The molecule has 0 aromatic carbocycles. The van der Waals surface area contributed by atoms with E-state index >= 15 is 0 Å². The molecular weight excluding hydrogens is 238 g/mol. The van der Waals surface area contributed by atoms with Gasteiger partial charge in [-0.25, -0.2) is 8.42 Å². The Kier molecular flexibility index (Phi) is 5.04. The number of likely N-dealkylation sites (N-methyl/N-ethyl adjacent to an activating group) is 1. The Bertz CT molecular complexity index is 431. The molecule has 17 heavy (non-hydrogen) atoms. The molecule has 96 valence electrons. The highest BCUT2D eigenvalue weighted by atomic mass is 32.2. The molecule has 1 heterocycles. The normalized spacial score (nSPS) is 12.3. The van der Waals surface area contributed by atoms with E-state index < -0.39 is 10.0 Å². The molecule has 0 saturated heterocycles. The lowest BCUT2D eigenvalue weighted by atomic mass is 10.3. The lowest BCUT2D eigenvalue weighted by Crippen LogP contribution is -2.35. The quantitative estimate of drug-likeness (QED) is 0.740. The van der Waals surface area contributed by atoms with Crippen LogP contribution in [0.3, 0.4) is 0 Å². The maximum absolute atomic E-state index is 11.6. The van der Waals surface area contributed by atoms with Gasteiger partial charge in [-0.1, -0.05) is 6.07 Å². The molecule has 0 unspecified atom stereocenters. The molecule has 0 aliphatic carbocycles. The van der Waals surface area contributed by atoms with Crippen molar-refractivity contribution in [3.63, 3.8) is 0 Å². The average Bonchev–Trinajstić information content (AvgIpc) is 2.23. The molecule has 0 bridgehead atoms. The average molecular weight is 257 g/mol. The van der Waals surface area contributed by atoms with E-state index in [-0.39, 0.29) is 0 Å². The smallest absolute Gasteiger partial charge is 0.211 e. The van der Waals surface area contributed by atoms with E-state index in [1.165, 1.54) is 10.6 Å². The SMILES string of the molecule is CN(C)CCN(Cc1cccnc1)S(C)(=O)=O. The molecule has 6 heteroatoms. The van der Waals surface area contributed by atoms with Crippen molar-refractivity contribution in [3.05, 3.63) is 30.1 Å². The zero-order valence-electron chi connectivity index (χ0n) is 10.5. The van der Waals surface area contributed by atoms with Crippen LogP contribution in [0.25, 0.3) is 0 Å². The van der Waals surface area contributed by atoms with Gasteiger partial charge in [0, 0.05) is 32.0 Å². The highest BCUT2D eigenvalue weighted by Gasteiger charge is 2.16. The minimum atomic E-state index is -3.18. The summed E-state index contributed by atoms with van der Waals surface area (Å²) in [7, 11) is 0.662. The van der Waals surface area contributed by atoms with Gasteiger partial charge in [0.15, 0.2) is 0 Å². The van der Waals surface area contributed by atoms with Crippen molar-refractivity contribution in [2.45, 2.75) is 6.54 Å². The number of nitrogens with zero attached hydrogens (tertiary/aromatic N) is 3. The van der Waals surface area contributed by atoms with Crippen molar-refractivity contribution in [1.82, 2.24) is 14.2 Å². The second-order valence-electron chi connectivity index (χ2n) is 4.26. The third-order valence-corrected chi connectivity index (χ3v) is 3.60. The first-order valence-corrected chi connectivity index (χ1v) is 7.23. The first kappa shape index (κ1) is 14.1. The number of sulfonamides is 1. The van der Waals surface area contributed by atoms with Crippen LogP contribution in [-0.4, -0.2) is 56.0 Å². The molecule has 0 spiro atoms. The van der Waals surface area contributed by atoms with Gasteiger partial charge in [0.1, 0.15) is 0 Å². The zero-order chi connectivity index (χ0) is 12.9.